The minimum absolute atomic E-state index is 0.120. The smallest absolute Gasteiger partial charge is 0.251 e. The fourth-order valence-electron chi connectivity index (χ4n) is 4.20. The number of likely N-dealkylation sites (tertiary alicyclic amines) is 1. The first-order chi connectivity index (χ1) is 14.1. The number of benzene rings is 1. The molecule has 0 spiro atoms. The molecule has 0 saturated carbocycles. The molecular weight excluding hydrogens is 376 g/mol. The van der Waals surface area contributed by atoms with Gasteiger partial charge < -0.3 is 29.5 Å². The normalized spacial score (nSPS) is 26.2. The Hall–Kier alpha value is -2.32. The first-order valence-electron chi connectivity index (χ1n) is 10.4. The maximum atomic E-state index is 12.6. The third kappa shape index (κ3) is 4.64. The number of aliphatic hydroxyl groups excluding tert-OH is 1. The highest BCUT2D eigenvalue weighted by molar-refractivity contribution is 5.95. The van der Waals surface area contributed by atoms with Gasteiger partial charge >= 0.3 is 0 Å². The number of hydrogen-bond donors (Lipinski definition) is 2. The first-order valence-corrected chi connectivity index (χ1v) is 10.4. The number of ether oxygens (including phenoxy) is 3. The molecule has 0 unspecified atom stereocenters. The number of carbonyl (C=O) groups is 2. The van der Waals surface area contributed by atoms with Gasteiger partial charge in [0, 0.05) is 18.7 Å². The van der Waals surface area contributed by atoms with Crippen molar-refractivity contribution in [1.29, 1.82) is 0 Å². The monoisotopic (exact) mass is 404 g/mol. The summed E-state index contributed by atoms with van der Waals surface area (Å²) < 4.78 is 16.6. The largest absolute Gasteiger partial charge is 0.454 e. The van der Waals surface area contributed by atoms with E-state index in [1.165, 1.54) is 6.42 Å². The average Bonchev–Trinajstić information content (AvgIpc) is 3.23. The number of piperidine rings is 1. The highest BCUT2D eigenvalue weighted by atomic mass is 16.7. The van der Waals surface area contributed by atoms with Gasteiger partial charge in [0.05, 0.1) is 25.2 Å². The summed E-state index contributed by atoms with van der Waals surface area (Å²) in [5, 5.41) is 12.7. The van der Waals surface area contributed by atoms with Gasteiger partial charge in [-0.15, -0.1) is 0 Å². The van der Waals surface area contributed by atoms with Crippen molar-refractivity contribution in [2.24, 2.45) is 0 Å². The van der Waals surface area contributed by atoms with Crippen LogP contribution in [0.1, 0.15) is 48.9 Å². The zero-order chi connectivity index (χ0) is 20.2. The van der Waals surface area contributed by atoms with Crippen molar-refractivity contribution in [1.82, 2.24) is 10.2 Å². The standard InChI is InChI=1S/C21H28N2O6/c24-12-19-16(22-21(26)14-4-7-17-18(10-14)28-13-27-17)6-5-15(29-19)11-20(25)23-8-2-1-3-9-23/h4,7,10,15-16,19,24H,1-3,5-6,8-9,11-13H2,(H,22,26)/t15-,16-,19+/m0/s1. The second-order valence-corrected chi connectivity index (χ2v) is 7.85. The number of fused-ring (bicyclic) bond motifs is 1. The molecule has 3 aliphatic heterocycles. The Morgan fingerprint density at radius 2 is 1.90 bits per heavy atom. The molecule has 2 saturated heterocycles. The summed E-state index contributed by atoms with van der Waals surface area (Å²) >= 11 is 0. The molecule has 4 rings (SSSR count). The topological polar surface area (TPSA) is 97.3 Å². The molecule has 8 heteroatoms. The summed E-state index contributed by atoms with van der Waals surface area (Å²) in [5.41, 5.74) is 0.466. The third-order valence-electron chi connectivity index (χ3n) is 5.86. The number of amides is 2. The van der Waals surface area contributed by atoms with Crippen LogP contribution < -0.4 is 14.8 Å². The first kappa shape index (κ1) is 20.0. The maximum Gasteiger partial charge on any atom is 0.251 e. The van der Waals surface area contributed by atoms with Crippen LogP contribution in [0, 0.1) is 0 Å². The van der Waals surface area contributed by atoms with Crippen molar-refractivity contribution < 1.29 is 28.9 Å². The summed E-state index contributed by atoms with van der Waals surface area (Å²) in [5.74, 6) is 1.04. The van der Waals surface area contributed by atoms with Gasteiger partial charge in [0.15, 0.2) is 11.5 Å². The molecule has 3 atom stereocenters. The molecular formula is C21H28N2O6. The Bertz CT molecular complexity index is 749. The van der Waals surface area contributed by atoms with Gasteiger partial charge in [-0.3, -0.25) is 9.59 Å². The van der Waals surface area contributed by atoms with Crippen LogP contribution in [0.3, 0.4) is 0 Å². The van der Waals surface area contributed by atoms with Crippen molar-refractivity contribution in [3.05, 3.63) is 23.8 Å². The number of aliphatic hydroxyl groups is 1. The quantitative estimate of drug-likeness (QED) is 0.771. The van der Waals surface area contributed by atoms with Crippen LogP contribution in [0.4, 0.5) is 0 Å². The van der Waals surface area contributed by atoms with E-state index >= 15 is 0 Å². The Labute approximate surface area is 170 Å². The fraction of sp³-hybridized carbons (Fsp3) is 0.619. The van der Waals surface area contributed by atoms with E-state index in [0.29, 0.717) is 36.3 Å². The molecule has 2 N–H and O–H groups in total. The predicted octanol–water partition coefficient (Wildman–Crippen LogP) is 1.46. The third-order valence-corrected chi connectivity index (χ3v) is 5.86. The maximum absolute atomic E-state index is 12.6. The second-order valence-electron chi connectivity index (χ2n) is 7.85. The Morgan fingerprint density at radius 1 is 1.10 bits per heavy atom. The van der Waals surface area contributed by atoms with Crippen LogP contribution in [0.15, 0.2) is 18.2 Å². The van der Waals surface area contributed by atoms with Crippen LogP contribution in [-0.4, -0.2) is 66.6 Å². The lowest BCUT2D eigenvalue weighted by Crippen LogP contribution is -2.51. The minimum Gasteiger partial charge on any atom is -0.454 e. The van der Waals surface area contributed by atoms with Gasteiger partial charge in [0.1, 0.15) is 6.10 Å². The highest BCUT2D eigenvalue weighted by Crippen LogP contribution is 2.32. The molecule has 8 nitrogen and oxygen atoms in total. The van der Waals surface area contributed by atoms with Crippen LogP contribution in [0.2, 0.25) is 0 Å². The highest BCUT2D eigenvalue weighted by Gasteiger charge is 2.34. The fourth-order valence-corrected chi connectivity index (χ4v) is 4.20. The van der Waals surface area contributed by atoms with Crippen LogP contribution >= 0.6 is 0 Å². The molecule has 3 heterocycles. The van der Waals surface area contributed by atoms with Crippen molar-refractivity contribution >= 4 is 11.8 Å². The second kappa shape index (κ2) is 9.00. The Morgan fingerprint density at radius 3 is 2.69 bits per heavy atom. The molecule has 2 amide bonds. The summed E-state index contributed by atoms with van der Waals surface area (Å²) in [4.78, 5) is 27.0. The van der Waals surface area contributed by atoms with Gasteiger partial charge in [-0.05, 0) is 50.3 Å². The lowest BCUT2D eigenvalue weighted by atomic mass is 9.96. The lowest BCUT2D eigenvalue weighted by Gasteiger charge is -2.37. The molecule has 2 fully saturated rings. The number of rotatable bonds is 5. The molecule has 0 bridgehead atoms. The number of nitrogens with zero attached hydrogens (tertiary/aromatic N) is 1. The van der Waals surface area contributed by atoms with Gasteiger partial charge in [-0.1, -0.05) is 0 Å². The number of nitrogens with one attached hydrogen (secondary N) is 1. The van der Waals surface area contributed by atoms with Crippen LogP contribution in [0.5, 0.6) is 11.5 Å². The van der Waals surface area contributed by atoms with E-state index in [-0.39, 0.29) is 37.4 Å². The summed E-state index contributed by atoms with van der Waals surface area (Å²) in [6.07, 6.45) is 4.21. The van der Waals surface area contributed by atoms with Crippen LogP contribution in [-0.2, 0) is 9.53 Å². The van der Waals surface area contributed by atoms with E-state index in [4.69, 9.17) is 14.2 Å². The van der Waals surface area contributed by atoms with Crippen molar-refractivity contribution in [3.8, 4) is 11.5 Å². The van der Waals surface area contributed by atoms with E-state index in [1.807, 2.05) is 4.90 Å². The summed E-state index contributed by atoms with van der Waals surface area (Å²) in [6.45, 7) is 1.59. The predicted molar refractivity (Wildman–Crippen MR) is 104 cm³/mol. The van der Waals surface area contributed by atoms with Gasteiger partial charge in [0.2, 0.25) is 12.7 Å². The summed E-state index contributed by atoms with van der Waals surface area (Å²) in [6, 6.07) is 4.73. The van der Waals surface area contributed by atoms with Gasteiger partial charge in [-0.2, -0.15) is 0 Å². The van der Waals surface area contributed by atoms with Gasteiger partial charge in [0.25, 0.3) is 5.91 Å². The molecule has 0 aromatic heterocycles. The van der Waals surface area contributed by atoms with Gasteiger partial charge in [-0.25, -0.2) is 0 Å². The summed E-state index contributed by atoms with van der Waals surface area (Å²) in [7, 11) is 0. The van der Waals surface area contributed by atoms with E-state index in [2.05, 4.69) is 5.32 Å². The zero-order valence-corrected chi connectivity index (χ0v) is 16.5. The minimum atomic E-state index is -0.527. The van der Waals surface area contributed by atoms with Crippen molar-refractivity contribution in [3.63, 3.8) is 0 Å². The van der Waals surface area contributed by atoms with E-state index in [9.17, 15) is 14.7 Å². The molecule has 3 aliphatic rings. The molecule has 0 aliphatic carbocycles. The van der Waals surface area contributed by atoms with E-state index < -0.39 is 6.10 Å². The van der Waals surface area contributed by atoms with Crippen LogP contribution in [0.25, 0.3) is 0 Å². The average molecular weight is 404 g/mol. The molecule has 1 aromatic rings. The molecule has 0 radical (unpaired) electrons. The van der Waals surface area contributed by atoms with E-state index in [1.54, 1.807) is 18.2 Å². The van der Waals surface area contributed by atoms with E-state index in [0.717, 1.165) is 25.9 Å². The molecule has 29 heavy (non-hydrogen) atoms. The molecule has 1 aromatic carbocycles. The lowest BCUT2D eigenvalue weighted by molar-refractivity contribution is -0.141. The number of carbonyl (C=O) groups excluding carboxylic acids is 2. The SMILES string of the molecule is O=C(N[C@H]1CC[C@@H](CC(=O)N2CCCCC2)O[C@@H]1CO)c1ccc2c(c1)OCO2. The zero-order valence-electron chi connectivity index (χ0n) is 16.5. The Balaban J connectivity index is 1.31. The van der Waals surface area contributed by atoms with Crippen molar-refractivity contribution in [2.45, 2.75) is 56.8 Å². The number of hydrogen-bond acceptors (Lipinski definition) is 6. The Kier molecular flexibility index (Phi) is 6.20. The van der Waals surface area contributed by atoms with Crippen molar-refractivity contribution in [2.75, 3.05) is 26.5 Å². The molecule has 158 valence electrons.